The highest BCUT2D eigenvalue weighted by Crippen LogP contribution is 2.30. The van der Waals surface area contributed by atoms with E-state index >= 15 is 0 Å². The summed E-state index contributed by atoms with van der Waals surface area (Å²) < 4.78 is 5.60. The molecule has 142 valence electrons. The van der Waals surface area contributed by atoms with E-state index in [1.807, 2.05) is 39.0 Å². The lowest BCUT2D eigenvalue weighted by Crippen LogP contribution is -2.28. The van der Waals surface area contributed by atoms with Crippen molar-refractivity contribution < 1.29 is 14.3 Å². The molecule has 1 fully saturated rings. The molecule has 6 heteroatoms. The van der Waals surface area contributed by atoms with Crippen molar-refractivity contribution in [2.75, 3.05) is 16.8 Å². The molecule has 1 unspecified atom stereocenters. The van der Waals surface area contributed by atoms with Gasteiger partial charge in [-0.2, -0.15) is 0 Å². The quantitative estimate of drug-likeness (QED) is 0.827. The van der Waals surface area contributed by atoms with Gasteiger partial charge in [-0.05, 0) is 62.7 Å². The number of amides is 2. The van der Waals surface area contributed by atoms with E-state index in [-0.39, 0.29) is 24.3 Å². The second kappa shape index (κ2) is 8.01. The lowest BCUT2D eigenvalue weighted by Gasteiger charge is -2.19. The van der Waals surface area contributed by atoms with Crippen LogP contribution in [-0.4, -0.2) is 24.5 Å². The number of hydrogen-bond acceptors (Lipinski definition) is 3. The van der Waals surface area contributed by atoms with Crippen LogP contribution in [0.15, 0.2) is 42.5 Å². The van der Waals surface area contributed by atoms with Crippen LogP contribution in [-0.2, 0) is 9.59 Å². The summed E-state index contributed by atoms with van der Waals surface area (Å²) in [6.45, 7) is 6.19. The maximum Gasteiger partial charge on any atom is 0.229 e. The summed E-state index contributed by atoms with van der Waals surface area (Å²) in [5, 5.41) is 3.45. The van der Waals surface area contributed by atoms with Crippen LogP contribution in [0.25, 0.3) is 0 Å². The van der Waals surface area contributed by atoms with Crippen molar-refractivity contribution in [2.45, 2.75) is 33.3 Å². The Hall–Kier alpha value is -2.53. The largest absolute Gasteiger partial charge is 0.491 e. The molecule has 27 heavy (non-hydrogen) atoms. The highest BCUT2D eigenvalue weighted by Gasteiger charge is 2.35. The number of rotatable bonds is 5. The minimum atomic E-state index is -0.400. The van der Waals surface area contributed by atoms with Gasteiger partial charge in [-0.3, -0.25) is 9.59 Å². The number of anilines is 2. The number of nitrogens with zero attached hydrogens (tertiary/aromatic N) is 1. The van der Waals surface area contributed by atoms with E-state index in [9.17, 15) is 9.59 Å². The third kappa shape index (κ3) is 4.61. The van der Waals surface area contributed by atoms with Crippen molar-refractivity contribution in [1.82, 2.24) is 0 Å². The van der Waals surface area contributed by atoms with Gasteiger partial charge in [0.1, 0.15) is 5.75 Å². The third-order valence-electron chi connectivity index (χ3n) is 4.45. The van der Waals surface area contributed by atoms with Gasteiger partial charge in [0.05, 0.1) is 12.0 Å². The van der Waals surface area contributed by atoms with Gasteiger partial charge in [0.25, 0.3) is 0 Å². The molecule has 0 bridgehead atoms. The monoisotopic (exact) mass is 386 g/mol. The molecule has 5 nitrogen and oxygen atoms in total. The topological polar surface area (TPSA) is 58.6 Å². The van der Waals surface area contributed by atoms with Gasteiger partial charge >= 0.3 is 0 Å². The average molecular weight is 387 g/mol. The molecule has 3 rings (SSSR count). The van der Waals surface area contributed by atoms with Crippen molar-refractivity contribution in [2.24, 2.45) is 5.92 Å². The molecule has 2 aromatic rings. The van der Waals surface area contributed by atoms with Crippen molar-refractivity contribution >= 4 is 34.8 Å². The molecular weight excluding hydrogens is 364 g/mol. The Bertz CT molecular complexity index is 849. The first-order chi connectivity index (χ1) is 12.8. The molecule has 0 aliphatic carbocycles. The van der Waals surface area contributed by atoms with Crippen LogP contribution in [0.5, 0.6) is 5.75 Å². The van der Waals surface area contributed by atoms with Gasteiger partial charge in [0.15, 0.2) is 0 Å². The summed E-state index contributed by atoms with van der Waals surface area (Å²) in [7, 11) is 0. The maximum atomic E-state index is 12.6. The summed E-state index contributed by atoms with van der Waals surface area (Å²) in [6, 6.07) is 12.7. The normalized spacial score (nSPS) is 16.7. The van der Waals surface area contributed by atoms with Crippen molar-refractivity contribution in [3.63, 3.8) is 0 Å². The number of aryl methyl sites for hydroxylation is 1. The second-order valence-electron chi connectivity index (χ2n) is 7.02. The number of hydrogen-bond donors (Lipinski definition) is 1. The molecule has 2 aromatic carbocycles. The maximum absolute atomic E-state index is 12.6. The predicted molar refractivity (Wildman–Crippen MR) is 107 cm³/mol. The molecule has 0 spiro atoms. The Morgan fingerprint density at radius 1 is 1.22 bits per heavy atom. The fourth-order valence-corrected chi connectivity index (χ4v) is 3.29. The van der Waals surface area contributed by atoms with Gasteiger partial charge in [-0.25, -0.2) is 0 Å². The Balaban J connectivity index is 1.66. The van der Waals surface area contributed by atoms with E-state index in [0.717, 1.165) is 17.0 Å². The summed E-state index contributed by atoms with van der Waals surface area (Å²) >= 11 is 6.07. The van der Waals surface area contributed by atoms with E-state index < -0.39 is 5.92 Å². The molecule has 0 saturated carbocycles. The summed E-state index contributed by atoms with van der Waals surface area (Å²) in [5.41, 5.74) is 2.40. The first-order valence-corrected chi connectivity index (χ1v) is 9.35. The minimum Gasteiger partial charge on any atom is -0.491 e. The van der Waals surface area contributed by atoms with Gasteiger partial charge in [-0.15, -0.1) is 0 Å². The molecule has 1 saturated heterocycles. The van der Waals surface area contributed by atoms with E-state index in [0.29, 0.717) is 17.3 Å². The Morgan fingerprint density at radius 3 is 2.59 bits per heavy atom. The van der Waals surface area contributed by atoms with Gasteiger partial charge in [-0.1, -0.05) is 17.7 Å². The zero-order chi connectivity index (χ0) is 19.6. The highest BCUT2D eigenvalue weighted by molar-refractivity contribution is 6.31. The van der Waals surface area contributed by atoms with Crippen molar-refractivity contribution in [1.29, 1.82) is 0 Å². The number of benzene rings is 2. The lowest BCUT2D eigenvalue weighted by atomic mass is 10.1. The molecule has 0 aromatic heterocycles. The average Bonchev–Trinajstić information content (AvgIpc) is 3.00. The summed E-state index contributed by atoms with van der Waals surface area (Å²) in [5.74, 6) is 0.119. The van der Waals surface area contributed by atoms with E-state index in [2.05, 4.69) is 5.32 Å². The smallest absolute Gasteiger partial charge is 0.229 e. The summed E-state index contributed by atoms with van der Waals surface area (Å²) in [6.07, 6.45) is 0.280. The standard InChI is InChI=1S/C21H23ClN2O3/c1-13(2)27-18-8-6-17(7-9-18)23-21(26)15-10-20(25)24(12-15)19-11-16(22)5-4-14(19)3/h4-9,11,13,15H,10,12H2,1-3H3,(H,23,26). The van der Waals surface area contributed by atoms with Gasteiger partial charge in [0.2, 0.25) is 11.8 Å². The molecule has 1 aliphatic rings. The number of ether oxygens (including phenoxy) is 1. The number of nitrogens with one attached hydrogen (secondary N) is 1. The lowest BCUT2D eigenvalue weighted by molar-refractivity contribution is -0.122. The van der Waals surface area contributed by atoms with Gasteiger partial charge in [0, 0.05) is 29.4 Å². The van der Waals surface area contributed by atoms with Crippen LogP contribution in [0.4, 0.5) is 11.4 Å². The first kappa shape index (κ1) is 19.2. The molecule has 1 aliphatic heterocycles. The van der Waals surface area contributed by atoms with E-state index in [1.165, 1.54) is 0 Å². The van der Waals surface area contributed by atoms with E-state index in [1.54, 1.807) is 29.2 Å². The fraction of sp³-hybridized carbons (Fsp3) is 0.333. The van der Waals surface area contributed by atoms with Crippen molar-refractivity contribution in [3.05, 3.63) is 53.1 Å². The number of carbonyl (C=O) groups is 2. The van der Waals surface area contributed by atoms with Crippen LogP contribution in [0.2, 0.25) is 5.02 Å². The fourth-order valence-electron chi connectivity index (χ4n) is 3.12. The second-order valence-corrected chi connectivity index (χ2v) is 7.45. The van der Waals surface area contributed by atoms with Crippen molar-refractivity contribution in [3.8, 4) is 5.75 Å². The molecule has 0 radical (unpaired) electrons. The molecule has 1 atom stereocenters. The highest BCUT2D eigenvalue weighted by atomic mass is 35.5. The molecule has 1 heterocycles. The van der Waals surface area contributed by atoms with Crippen LogP contribution in [0.1, 0.15) is 25.8 Å². The zero-order valence-corrected chi connectivity index (χ0v) is 16.4. The van der Waals surface area contributed by atoms with Gasteiger partial charge < -0.3 is 15.0 Å². The zero-order valence-electron chi connectivity index (χ0n) is 15.7. The molecule has 1 N–H and O–H groups in total. The predicted octanol–water partition coefficient (Wildman–Crippen LogP) is 4.43. The number of halogens is 1. The SMILES string of the molecule is Cc1ccc(Cl)cc1N1CC(C(=O)Nc2ccc(OC(C)C)cc2)CC1=O. The van der Waals surface area contributed by atoms with Crippen LogP contribution >= 0.6 is 11.6 Å². The Labute approximate surface area is 164 Å². The van der Waals surface area contributed by atoms with E-state index in [4.69, 9.17) is 16.3 Å². The minimum absolute atomic E-state index is 0.0683. The Kier molecular flexibility index (Phi) is 5.71. The molecule has 2 amide bonds. The van der Waals surface area contributed by atoms with Crippen LogP contribution in [0.3, 0.4) is 0 Å². The summed E-state index contributed by atoms with van der Waals surface area (Å²) in [4.78, 5) is 26.7. The Morgan fingerprint density at radius 2 is 1.93 bits per heavy atom. The third-order valence-corrected chi connectivity index (χ3v) is 4.69. The molecular formula is C21H23ClN2O3. The van der Waals surface area contributed by atoms with Crippen LogP contribution < -0.4 is 15.0 Å². The first-order valence-electron chi connectivity index (χ1n) is 8.97. The van der Waals surface area contributed by atoms with Crippen LogP contribution in [0, 0.1) is 12.8 Å². The number of carbonyl (C=O) groups excluding carboxylic acids is 2.